The van der Waals surface area contributed by atoms with Gasteiger partial charge in [0.1, 0.15) is 12.7 Å². The Hall–Kier alpha value is -3.75. The van der Waals surface area contributed by atoms with E-state index in [0.717, 1.165) is 35.4 Å². The molecule has 1 saturated heterocycles. The third kappa shape index (κ3) is 3.42. The van der Waals surface area contributed by atoms with Gasteiger partial charge in [0, 0.05) is 43.3 Å². The number of para-hydroxylation sites is 1. The highest BCUT2D eigenvalue weighted by molar-refractivity contribution is 5.89. The number of carbonyl (C=O) groups is 1. The Labute approximate surface area is 167 Å². The third-order valence-corrected chi connectivity index (χ3v) is 5.26. The number of aromatic nitrogens is 6. The molecule has 1 N–H and O–H groups in total. The number of aromatic amines is 1. The van der Waals surface area contributed by atoms with Gasteiger partial charge in [-0.15, -0.1) is 10.2 Å². The van der Waals surface area contributed by atoms with Gasteiger partial charge in [-0.25, -0.2) is 9.67 Å². The summed E-state index contributed by atoms with van der Waals surface area (Å²) in [5.74, 6) is 1.58. The van der Waals surface area contributed by atoms with Gasteiger partial charge in [-0.2, -0.15) is 5.10 Å². The van der Waals surface area contributed by atoms with Crippen molar-refractivity contribution in [1.82, 2.24) is 34.8 Å². The van der Waals surface area contributed by atoms with Crippen LogP contribution in [0.5, 0.6) is 0 Å². The summed E-state index contributed by atoms with van der Waals surface area (Å²) >= 11 is 0. The summed E-state index contributed by atoms with van der Waals surface area (Å²) in [5, 5.41) is 13.7. The van der Waals surface area contributed by atoms with Gasteiger partial charge in [0.05, 0.1) is 6.42 Å². The SMILES string of the molecule is O=C(Cc1c[nH]c2ccccc12)N1CCN(c2ccc(-n3cncn3)nn2)CC1. The van der Waals surface area contributed by atoms with E-state index in [1.54, 1.807) is 11.0 Å². The highest BCUT2D eigenvalue weighted by atomic mass is 16.2. The number of hydrogen-bond acceptors (Lipinski definition) is 6. The summed E-state index contributed by atoms with van der Waals surface area (Å²) in [6, 6.07) is 11.9. The molecule has 0 spiro atoms. The van der Waals surface area contributed by atoms with E-state index in [1.165, 1.54) is 6.33 Å². The summed E-state index contributed by atoms with van der Waals surface area (Å²) in [6.45, 7) is 2.81. The molecule has 9 nitrogen and oxygen atoms in total. The minimum atomic E-state index is 0.155. The number of carbonyl (C=O) groups excluding carboxylic acids is 1. The van der Waals surface area contributed by atoms with Crippen molar-refractivity contribution >= 4 is 22.6 Å². The Bertz CT molecular complexity index is 1110. The number of anilines is 1. The average Bonchev–Trinajstić information content (AvgIpc) is 3.45. The van der Waals surface area contributed by atoms with E-state index in [2.05, 4.69) is 30.2 Å². The van der Waals surface area contributed by atoms with Crippen molar-refractivity contribution in [2.45, 2.75) is 6.42 Å². The first-order valence-electron chi connectivity index (χ1n) is 9.54. The molecule has 1 aromatic carbocycles. The second kappa shape index (κ2) is 7.34. The molecular weight excluding hydrogens is 368 g/mol. The van der Waals surface area contributed by atoms with Gasteiger partial charge in [0.25, 0.3) is 0 Å². The van der Waals surface area contributed by atoms with Crippen LogP contribution in [0.4, 0.5) is 5.82 Å². The normalized spacial score (nSPS) is 14.5. The Balaban J connectivity index is 1.20. The van der Waals surface area contributed by atoms with Crippen molar-refractivity contribution < 1.29 is 4.79 Å². The molecule has 9 heteroatoms. The molecule has 146 valence electrons. The van der Waals surface area contributed by atoms with E-state index in [0.29, 0.717) is 25.3 Å². The molecule has 0 atom stereocenters. The number of piperazine rings is 1. The smallest absolute Gasteiger partial charge is 0.227 e. The third-order valence-electron chi connectivity index (χ3n) is 5.26. The van der Waals surface area contributed by atoms with E-state index < -0.39 is 0 Å². The number of nitrogens with zero attached hydrogens (tertiary/aromatic N) is 7. The first-order valence-corrected chi connectivity index (χ1v) is 9.54. The number of H-pyrrole nitrogens is 1. The Kier molecular flexibility index (Phi) is 4.39. The molecule has 0 unspecified atom stereocenters. The maximum absolute atomic E-state index is 12.8. The number of hydrogen-bond donors (Lipinski definition) is 1. The molecular formula is C20H20N8O. The van der Waals surface area contributed by atoms with Crippen molar-refractivity contribution in [3.63, 3.8) is 0 Å². The monoisotopic (exact) mass is 388 g/mol. The summed E-state index contributed by atoms with van der Waals surface area (Å²) in [6.07, 6.45) is 5.39. The zero-order chi connectivity index (χ0) is 19.6. The number of fused-ring (bicyclic) bond motifs is 1. The van der Waals surface area contributed by atoms with Gasteiger partial charge >= 0.3 is 0 Å². The Morgan fingerprint density at radius 1 is 1.00 bits per heavy atom. The Morgan fingerprint density at radius 2 is 1.79 bits per heavy atom. The molecule has 5 rings (SSSR count). The molecule has 1 fully saturated rings. The Morgan fingerprint density at radius 3 is 2.55 bits per heavy atom. The van der Waals surface area contributed by atoms with Crippen LogP contribution in [0.3, 0.4) is 0 Å². The van der Waals surface area contributed by atoms with E-state index in [1.807, 2.05) is 47.5 Å². The molecule has 0 saturated carbocycles. The van der Waals surface area contributed by atoms with Crippen LogP contribution in [0.15, 0.2) is 55.2 Å². The zero-order valence-electron chi connectivity index (χ0n) is 15.8. The molecule has 4 aromatic rings. The topological polar surface area (TPSA) is 95.8 Å². The van der Waals surface area contributed by atoms with Gasteiger partial charge in [0.15, 0.2) is 11.6 Å². The fraction of sp³-hybridized carbons (Fsp3) is 0.250. The minimum absolute atomic E-state index is 0.155. The number of nitrogens with one attached hydrogen (secondary N) is 1. The van der Waals surface area contributed by atoms with Crippen molar-refractivity contribution in [2.75, 3.05) is 31.1 Å². The van der Waals surface area contributed by atoms with Crippen molar-refractivity contribution in [1.29, 1.82) is 0 Å². The summed E-state index contributed by atoms with van der Waals surface area (Å²) in [5.41, 5.74) is 2.11. The lowest BCUT2D eigenvalue weighted by molar-refractivity contribution is -0.130. The first kappa shape index (κ1) is 17.4. The van der Waals surface area contributed by atoms with Crippen LogP contribution in [0.25, 0.3) is 16.7 Å². The van der Waals surface area contributed by atoms with Crippen molar-refractivity contribution in [3.05, 3.63) is 60.8 Å². The van der Waals surface area contributed by atoms with Crippen molar-refractivity contribution in [3.8, 4) is 5.82 Å². The molecule has 1 aliphatic rings. The minimum Gasteiger partial charge on any atom is -0.361 e. The fourth-order valence-electron chi connectivity index (χ4n) is 3.67. The van der Waals surface area contributed by atoms with E-state index >= 15 is 0 Å². The van der Waals surface area contributed by atoms with Crippen LogP contribution in [0.2, 0.25) is 0 Å². The first-order chi connectivity index (χ1) is 14.3. The standard InChI is InChI=1S/C20H20N8O/c29-20(11-15-12-22-17-4-2-1-3-16(15)17)27-9-7-26(8-10-27)18-5-6-19(25-24-18)28-14-21-13-23-28/h1-6,12-14,22H,7-11H2. The van der Waals surface area contributed by atoms with Crippen molar-refractivity contribution in [2.24, 2.45) is 0 Å². The lowest BCUT2D eigenvalue weighted by Crippen LogP contribution is -2.49. The second-order valence-corrected chi connectivity index (χ2v) is 6.99. The van der Waals surface area contributed by atoms with Crippen LogP contribution < -0.4 is 4.90 Å². The van der Waals surface area contributed by atoms with E-state index in [9.17, 15) is 4.79 Å². The highest BCUT2D eigenvalue weighted by Gasteiger charge is 2.23. The maximum Gasteiger partial charge on any atom is 0.227 e. The van der Waals surface area contributed by atoms with Gasteiger partial charge in [-0.3, -0.25) is 4.79 Å². The molecule has 1 amide bonds. The lowest BCUT2D eigenvalue weighted by atomic mass is 10.1. The summed E-state index contributed by atoms with van der Waals surface area (Å²) in [4.78, 5) is 24.0. The molecule has 1 aliphatic heterocycles. The predicted molar refractivity (Wildman–Crippen MR) is 108 cm³/mol. The molecule has 29 heavy (non-hydrogen) atoms. The molecule has 4 heterocycles. The van der Waals surface area contributed by atoms with Gasteiger partial charge in [-0.1, -0.05) is 18.2 Å². The van der Waals surface area contributed by atoms with Crippen LogP contribution in [-0.2, 0) is 11.2 Å². The van der Waals surface area contributed by atoms with Gasteiger partial charge < -0.3 is 14.8 Å². The van der Waals surface area contributed by atoms with E-state index in [-0.39, 0.29) is 5.91 Å². The second-order valence-electron chi connectivity index (χ2n) is 6.99. The van der Waals surface area contributed by atoms with Crippen LogP contribution in [-0.4, -0.2) is 66.9 Å². The maximum atomic E-state index is 12.8. The number of rotatable bonds is 4. The quantitative estimate of drug-likeness (QED) is 0.568. The average molecular weight is 388 g/mol. The zero-order valence-corrected chi connectivity index (χ0v) is 15.8. The molecule has 0 aliphatic carbocycles. The largest absolute Gasteiger partial charge is 0.361 e. The summed E-state index contributed by atoms with van der Waals surface area (Å²) in [7, 11) is 0. The van der Waals surface area contributed by atoms with Crippen LogP contribution in [0.1, 0.15) is 5.56 Å². The molecule has 3 aromatic heterocycles. The number of benzene rings is 1. The fourth-order valence-corrected chi connectivity index (χ4v) is 3.67. The van der Waals surface area contributed by atoms with Gasteiger partial charge in [0.2, 0.25) is 5.91 Å². The molecule has 0 radical (unpaired) electrons. The lowest BCUT2D eigenvalue weighted by Gasteiger charge is -2.35. The molecule has 0 bridgehead atoms. The van der Waals surface area contributed by atoms with Gasteiger partial charge in [-0.05, 0) is 23.8 Å². The van der Waals surface area contributed by atoms with E-state index in [4.69, 9.17) is 0 Å². The predicted octanol–water partition coefficient (Wildman–Crippen LogP) is 1.43. The van der Waals surface area contributed by atoms with Crippen LogP contribution in [0, 0.1) is 0 Å². The van der Waals surface area contributed by atoms with Crippen LogP contribution >= 0.6 is 0 Å². The highest BCUT2D eigenvalue weighted by Crippen LogP contribution is 2.20. The number of amides is 1. The summed E-state index contributed by atoms with van der Waals surface area (Å²) < 4.78 is 1.57.